The minimum absolute atomic E-state index is 0.0437. The van der Waals surface area contributed by atoms with Crippen molar-refractivity contribution in [1.29, 1.82) is 0 Å². The van der Waals surface area contributed by atoms with Crippen LogP contribution in [-0.4, -0.2) is 23.0 Å². The molecule has 1 aliphatic rings. The Morgan fingerprint density at radius 2 is 2.05 bits per heavy atom. The van der Waals surface area contributed by atoms with Gasteiger partial charge in [0.15, 0.2) is 0 Å². The van der Waals surface area contributed by atoms with Crippen molar-refractivity contribution >= 4 is 23.3 Å². The van der Waals surface area contributed by atoms with Gasteiger partial charge in [0.05, 0.1) is 16.9 Å². The van der Waals surface area contributed by atoms with E-state index in [4.69, 9.17) is 5.11 Å². The molecule has 1 aromatic carbocycles. The molecule has 0 fully saturated rings. The summed E-state index contributed by atoms with van der Waals surface area (Å²) in [6, 6.07) is 4.90. The summed E-state index contributed by atoms with van der Waals surface area (Å²) < 4.78 is 0. The van der Waals surface area contributed by atoms with Gasteiger partial charge in [-0.2, -0.15) is 0 Å². The summed E-state index contributed by atoms with van der Waals surface area (Å²) in [4.78, 5) is 23.1. The van der Waals surface area contributed by atoms with Crippen LogP contribution in [-0.2, 0) is 4.79 Å². The number of aromatic carboxylic acids is 1. The summed E-state index contributed by atoms with van der Waals surface area (Å²) >= 11 is 0. The third kappa shape index (κ3) is 2.70. The van der Waals surface area contributed by atoms with Gasteiger partial charge >= 0.3 is 5.97 Å². The monoisotopic (exact) mass is 262 g/mol. The zero-order valence-electron chi connectivity index (χ0n) is 11.3. The highest BCUT2D eigenvalue weighted by Gasteiger charge is 2.31. The standard InChI is InChI=1S/C14H18N2O3/c1-14(2,3)10-7-11(17)16-12-8(13(18)19)5-4-6-9(12)15-10/h4-6,10,15H,7H2,1-3H3,(H,16,17)(H,18,19). The smallest absolute Gasteiger partial charge is 0.337 e. The van der Waals surface area contributed by atoms with E-state index in [1.165, 1.54) is 6.07 Å². The Balaban J connectivity index is 2.48. The van der Waals surface area contributed by atoms with Crippen molar-refractivity contribution in [3.05, 3.63) is 23.8 Å². The first-order valence-electron chi connectivity index (χ1n) is 6.22. The molecule has 0 bridgehead atoms. The Hall–Kier alpha value is -2.04. The first-order valence-corrected chi connectivity index (χ1v) is 6.22. The quantitative estimate of drug-likeness (QED) is 0.726. The van der Waals surface area contributed by atoms with Crippen LogP contribution in [0.25, 0.3) is 0 Å². The number of hydrogen-bond donors (Lipinski definition) is 3. The Morgan fingerprint density at radius 1 is 1.37 bits per heavy atom. The molecule has 1 atom stereocenters. The van der Waals surface area contributed by atoms with E-state index in [2.05, 4.69) is 10.6 Å². The van der Waals surface area contributed by atoms with Crippen LogP contribution in [0.15, 0.2) is 18.2 Å². The van der Waals surface area contributed by atoms with E-state index >= 15 is 0 Å². The number of rotatable bonds is 1. The molecule has 3 N–H and O–H groups in total. The zero-order valence-corrected chi connectivity index (χ0v) is 11.3. The molecular formula is C14H18N2O3. The van der Waals surface area contributed by atoms with Crippen molar-refractivity contribution in [3.8, 4) is 0 Å². The number of hydrogen-bond acceptors (Lipinski definition) is 3. The van der Waals surface area contributed by atoms with E-state index in [-0.39, 0.29) is 22.9 Å². The number of benzene rings is 1. The molecule has 1 aliphatic heterocycles. The van der Waals surface area contributed by atoms with Crippen LogP contribution in [0.3, 0.4) is 0 Å². The molecule has 2 rings (SSSR count). The SMILES string of the molecule is CC(C)(C)C1CC(=O)Nc2c(cccc2C(=O)O)N1. The maximum Gasteiger partial charge on any atom is 0.337 e. The summed E-state index contributed by atoms with van der Waals surface area (Å²) in [6.45, 7) is 6.14. The molecule has 5 heteroatoms. The van der Waals surface area contributed by atoms with Gasteiger partial charge in [-0.1, -0.05) is 26.8 Å². The molecule has 5 nitrogen and oxygen atoms in total. The fraction of sp³-hybridized carbons (Fsp3) is 0.429. The number of nitrogens with one attached hydrogen (secondary N) is 2. The van der Waals surface area contributed by atoms with E-state index in [0.717, 1.165) is 0 Å². The number of carboxylic acid groups (broad SMARTS) is 1. The highest BCUT2D eigenvalue weighted by molar-refractivity contribution is 6.05. The second-order valence-electron chi connectivity index (χ2n) is 5.85. The van der Waals surface area contributed by atoms with Crippen molar-refractivity contribution in [2.45, 2.75) is 33.2 Å². The van der Waals surface area contributed by atoms with E-state index < -0.39 is 5.97 Å². The number of amides is 1. The predicted octanol–water partition coefficient (Wildman–Crippen LogP) is 2.55. The molecule has 1 aromatic rings. The van der Waals surface area contributed by atoms with Crippen LogP contribution < -0.4 is 10.6 Å². The molecule has 0 aromatic heterocycles. The molecule has 0 saturated carbocycles. The third-order valence-corrected chi connectivity index (χ3v) is 3.32. The lowest BCUT2D eigenvalue weighted by atomic mass is 9.84. The van der Waals surface area contributed by atoms with Gasteiger partial charge in [-0.15, -0.1) is 0 Å². The largest absolute Gasteiger partial charge is 0.478 e. The minimum atomic E-state index is -1.05. The van der Waals surface area contributed by atoms with Crippen LogP contribution >= 0.6 is 0 Å². The lowest BCUT2D eigenvalue weighted by Gasteiger charge is -2.30. The topological polar surface area (TPSA) is 78.4 Å². The summed E-state index contributed by atoms with van der Waals surface area (Å²) in [5.74, 6) is -1.21. The van der Waals surface area contributed by atoms with Gasteiger partial charge in [0, 0.05) is 12.5 Å². The van der Waals surface area contributed by atoms with Gasteiger partial charge < -0.3 is 15.7 Å². The molecule has 19 heavy (non-hydrogen) atoms. The normalized spacial score (nSPS) is 18.9. The maximum atomic E-state index is 11.9. The number of carboxylic acids is 1. The Labute approximate surface area is 112 Å². The number of carbonyl (C=O) groups excluding carboxylic acids is 1. The molecule has 1 amide bonds. The number of fused-ring (bicyclic) bond motifs is 1. The fourth-order valence-corrected chi connectivity index (χ4v) is 2.12. The number of anilines is 2. The Morgan fingerprint density at radius 3 is 2.63 bits per heavy atom. The summed E-state index contributed by atoms with van der Waals surface area (Å²) in [5, 5.41) is 15.1. The fourth-order valence-electron chi connectivity index (χ4n) is 2.12. The van der Waals surface area contributed by atoms with Crippen molar-refractivity contribution < 1.29 is 14.7 Å². The summed E-state index contributed by atoms with van der Waals surface area (Å²) in [7, 11) is 0. The predicted molar refractivity (Wildman–Crippen MR) is 73.5 cm³/mol. The van der Waals surface area contributed by atoms with E-state index in [1.807, 2.05) is 20.8 Å². The van der Waals surface area contributed by atoms with Crippen molar-refractivity contribution in [1.82, 2.24) is 0 Å². The highest BCUT2D eigenvalue weighted by atomic mass is 16.4. The third-order valence-electron chi connectivity index (χ3n) is 3.32. The molecule has 102 valence electrons. The van der Waals surface area contributed by atoms with Crippen LogP contribution in [0.2, 0.25) is 0 Å². The van der Waals surface area contributed by atoms with E-state index in [0.29, 0.717) is 17.8 Å². The van der Waals surface area contributed by atoms with Crippen LogP contribution in [0, 0.1) is 5.41 Å². The molecule has 0 spiro atoms. The maximum absolute atomic E-state index is 11.9. The second kappa shape index (κ2) is 4.57. The molecule has 0 radical (unpaired) electrons. The van der Waals surface area contributed by atoms with Gasteiger partial charge in [0.1, 0.15) is 0 Å². The average Bonchev–Trinajstić information content (AvgIpc) is 2.45. The van der Waals surface area contributed by atoms with Gasteiger partial charge in [-0.3, -0.25) is 4.79 Å². The van der Waals surface area contributed by atoms with Crippen molar-refractivity contribution in [2.24, 2.45) is 5.41 Å². The summed E-state index contributed by atoms with van der Waals surface area (Å²) in [6.07, 6.45) is 0.317. The zero-order chi connectivity index (χ0) is 14.2. The first kappa shape index (κ1) is 13.4. The lowest BCUT2D eigenvalue weighted by Crippen LogP contribution is -2.35. The van der Waals surface area contributed by atoms with Crippen LogP contribution in [0.1, 0.15) is 37.6 Å². The van der Waals surface area contributed by atoms with Gasteiger partial charge in [-0.25, -0.2) is 4.79 Å². The summed E-state index contributed by atoms with van der Waals surface area (Å²) in [5.41, 5.74) is 1.02. The van der Waals surface area contributed by atoms with Gasteiger partial charge in [-0.05, 0) is 17.5 Å². The highest BCUT2D eigenvalue weighted by Crippen LogP contribution is 2.34. The number of para-hydroxylation sites is 1. The molecule has 1 unspecified atom stereocenters. The van der Waals surface area contributed by atoms with Crippen molar-refractivity contribution in [2.75, 3.05) is 10.6 Å². The first-order chi connectivity index (χ1) is 8.79. The van der Waals surface area contributed by atoms with E-state index in [9.17, 15) is 9.59 Å². The van der Waals surface area contributed by atoms with Gasteiger partial charge in [0.25, 0.3) is 0 Å². The van der Waals surface area contributed by atoms with Crippen LogP contribution in [0.5, 0.6) is 0 Å². The number of carbonyl (C=O) groups is 2. The van der Waals surface area contributed by atoms with Crippen LogP contribution in [0.4, 0.5) is 11.4 Å². The van der Waals surface area contributed by atoms with Crippen molar-refractivity contribution in [3.63, 3.8) is 0 Å². The minimum Gasteiger partial charge on any atom is -0.478 e. The second-order valence-corrected chi connectivity index (χ2v) is 5.85. The van der Waals surface area contributed by atoms with Gasteiger partial charge in [0.2, 0.25) is 5.91 Å². The molecule has 0 saturated heterocycles. The molecular weight excluding hydrogens is 244 g/mol. The lowest BCUT2D eigenvalue weighted by molar-refractivity contribution is -0.116. The Kier molecular flexibility index (Phi) is 3.22. The average molecular weight is 262 g/mol. The molecule has 0 aliphatic carbocycles. The molecule has 1 heterocycles. The van der Waals surface area contributed by atoms with E-state index in [1.54, 1.807) is 12.1 Å². The Bertz CT molecular complexity index is 532.